The van der Waals surface area contributed by atoms with E-state index in [0.717, 1.165) is 0 Å². The van der Waals surface area contributed by atoms with Crippen molar-refractivity contribution < 1.29 is 14.6 Å². The highest BCUT2D eigenvalue weighted by atomic mass is 16.5. The molecule has 4 nitrogen and oxygen atoms in total. The maximum atomic E-state index is 11.3. The molecule has 0 spiro atoms. The molecule has 1 aromatic rings. The lowest BCUT2D eigenvalue weighted by molar-refractivity contribution is 0.0405. The van der Waals surface area contributed by atoms with E-state index in [-0.39, 0.29) is 19.1 Å². The van der Waals surface area contributed by atoms with Gasteiger partial charge in [0.05, 0.1) is 12.2 Å². The Hall–Kier alpha value is -1.42. The number of aliphatic hydroxyl groups is 1. The van der Waals surface area contributed by atoms with Crippen molar-refractivity contribution in [1.29, 1.82) is 0 Å². The summed E-state index contributed by atoms with van der Waals surface area (Å²) in [5.41, 5.74) is 0.428. The van der Waals surface area contributed by atoms with Gasteiger partial charge in [-0.3, -0.25) is 4.98 Å². The van der Waals surface area contributed by atoms with Crippen molar-refractivity contribution in [3.05, 3.63) is 30.1 Å². The Morgan fingerprint density at radius 1 is 1.71 bits per heavy atom. The van der Waals surface area contributed by atoms with Crippen molar-refractivity contribution >= 4 is 5.97 Å². The minimum absolute atomic E-state index is 0.0142. The molecular formula is C10H13NO3. The number of hydrogen-bond acceptors (Lipinski definition) is 4. The highest BCUT2D eigenvalue weighted by Gasteiger charge is 2.08. The van der Waals surface area contributed by atoms with Gasteiger partial charge in [0.2, 0.25) is 0 Å². The van der Waals surface area contributed by atoms with E-state index in [9.17, 15) is 4.79 Å². The van der Waals surface area contributed by atoms with Gasteiger partial charge in [-0.2, -0.15) is 0 Å². The first-order valence-electron chi connectivity index (χ1n) is 4.42. The summed E-state index contributed by atoms with van der Waals surface area (Å²) in [5, 5.41) is 8.71. The van der Waals surface area contributed by atoms with E-state index >= 15 is 0 Å². The predicted octanol–water partition coefficient (Wildman–Crippen LogP) is 0.867. The Morgan fingerprint density at radius 2 is 2.50 bits per heavy atom. The van der Waals surface area contributed by atoms with Crippen molar-refractivity contribution in [2.45, 2.75) is 6.92 Å². The fourth-order valence-electron chi connectivity index (χ4n) is 0.837. The second-order valence-electron chi connectivity index (χ2n) is 3.13. The molecule has 76 valence electrons. The number of nitrogens with zero attached hydrogens (tertiary/aromatic N) is 1. The van der Waals surface area contributed by atoms with Crippen LogP contribution < -0.4 is 0 Å². The van der Waals surface area contributed by atoms with Gasteiger partial charge in [0.1, 0.15) is 0 Å². The van der Waals surface area contributed by atoms with Gasteiger partial charge in [-0.05, 0) is 12.1 Å². The summed E-state index contributed by atoms with van der Waals surface area (Å²) in [6.07, 6.45) is 3.04. The standard InChI is InChI=1S/C10H13NO3/c1-8(6-12)7-14-10(13)9-3-2-4-11-5-9/h2-5,8,12H,6-7H2,1H3. The van der Waals surface area contributed by atoms with Crippen molar-refractivity contribution in [2.24, 2.45) is 5.92 Å². The fourth-order valence-corrected chi connectivity index (χ4v) is 0.837. The number of aliphatic hydroxyl groups excluding tert-OH is 1. The number of carbonyl (C=O) groups excluding carboxylic acids is 1. The molecule has 1 rings (SSSR count). The topological polar surface area (TPSA) is 59.4 Å². The molecule has 0 aliphatic heterocycles. The third-order valence-electron chi connectivity index (χ3n) is 1.71. The summed E-state index contributed by atoms with van der Waals surface area (Å²) >= 11 is 0. The zero-order valence-corrected chi connectivity index (χ0v) is 8.01. The molecule has 0 amide bonds. The molecule has 1 aromatic heterocycles. The van der Waals surface area contributed by atoms with Gasteiger partial charge in [0, 0.05) is 24.9 Å². The van der Waals surface area contributed by atoms with Gasteiger partial charge < -0.3 is 9.84 Å². The van der Waals surface area contributed by atoms with E-state index in [1.807, 2.05) is 0 Å². The fraction of sp³-hybridized carbons (Fsp3) is 0.400. The smallest absolute Gasteiger partial charge is 0.339 e. The molecule has 0 radical (unpaired) electrons. The van der Waals surface area contributed by atoms with Crippen LogP contribution in [0, 0.1) is 5.92 Å². The molecule has 0 aliphatic rings. The summed E-state index contributed by atoms with van der Waals surface area (Å²) in [5.74, 6) is -0.436. The van der Waals surface area contributed by atoms with Crippen LogP contribution in [0.1, 0.15) is 17.3 Å². The maximum absolute atomic E-state index is 11.3. The lowest BCUT2D eigenvalue weighted by atomic mass is 10.2. The average Bonchev–Trinajstić information content (AvgIpc) is 2.26. The van der Waals surface area contributed by atoms with Gasteiger partial charge in [-0.15, -0.1) is 0 Å². The van der Waals surface area contributed by atoms with Gasteiger partial charge >= 0.3 is 5.97 Å². The zero-order valence-electron chi connectivity index (χ0n) is 8.01. The van der Waals surface area contributed by atoms with Crippen molar-refractivity contribution in [1.82, 2.24) is 4.98 Å². The normalized spacial score (nSPS) is 12.1. The van der Waals surface area contributed by atoms with Crippen LogP contribution in [0.3, 0.4) is 0 Å². The molecule has 1 atom stereocenters. The van der Waals surface area contributed by atoms with Crippen LogP contribution in [0.4, 0.5) is 0 Å². The number of ether oxygens (including phenoxy) is 1. The van der Waals surface area contributed by atoms with Crippen LogP contribution in [0.2, 0.25) is 0 Å². The van der Waals surface area contributed by atoms with E-state index < -0.39 is 5.97 Å². The summed E-state index contributed by atoms with van der Waals surface area (Å²) in [7, 11) is 0. The Labute approximate surface area is 82.5 Å². The minimum Gasteiger partial charge on any atom is -0.462 e. The molecule has 1 N–H and O–H groups in total. The Bertz CT molecular complexity index is 287. The van der Waals surface area contributed by atoms with E-state index in [4.69, 9.17) is 9.84 Å². The number of pyridine rings is 1. The van der Waals surface area contributed by atoms with Gasteiger partial charge in [-0.1, -0.05) is 6.92 Å². The van der Waals surface area contributed by atoms with Crippen molar-refractivity contribution in [3.8, 4) is 0 Å². The first kappa shape index (κ1) is 10.7. The Balaban J connectivity index is 2.44. The highest BCUT2D eigenvalue weighted by Crippen LogP contribution is 2.01. The van der Waals surface area contributed by atoms with Crippen LogP contribution in [0.5, 0.6) is 0 Å². The van der Waals surface area contributed by atoms with Crippen LogP contribution in [0.25, 0.3) is 0 Å². The molecule has 0 aliphatic carbocycles. The monoisotopic (exact) mass is 195 g/mol. The first-order valence-corrected chi connectivity index (χ1v) is 4.42. The zero-order chi connectivity index (χ0) is 10.4. The summed E-state index contributed by atoms with van der Waals surface area (Å²) in [6, 6.07) is 3.31. The first-order chi connectivity index (χ1) is 6.74. The van der Waals surface area contributed by atoms with Crippen LogP contribution >= 0.6 is 0 Å². The quantitative estimate of drug-likeness (QED) is 0.724. The molecule has 0 saturated heterocycles. The van der Waals surface area contributed by atoms with Crippen molar-refractivity contribution in [2.75, 3.05) is 13.2 Å². The molecule has 1 unspecified atom stereocenters. The number of rotatable bonds is 4. The highest BCUT2D eigenvalue weighted by molar-refractivity contribution is 5.88. The van der Waals surface area contributed by atoms with Gasteiger partial charge in [0.15, 0.2) is 0 Å². The molecule has 0 aromatic carbocycles. The molecular weight excluding hydrogens is 182 g/mol. The third kappa shape index (κ3) is 3.14. The summed E-state index contributed by atoms with van der Waals surface area (Å²) in [6.45, 7) is 2.04. The van der Waals surface area contributed by atoms with E-state index in [1.165, 1.54) is 6.20 Å². The van der Waals surface area contributed by atoms with Gasteiger partial charge in [-0.25, -0.2) is 4.79 Å². The lowest BCUT2D eigenvalue weighted by Gasteiger charge is -2.08. The lowest BCUT2D eigenvalue weighted by Crippen LogP contribution is -2.14. The van der Waals surface area contributed by atoms with E-state index in [1.54, 1.807) is 25.3 Å². The molecule has 0 fully saturated rings. The number of esters is 1. The number of aromatic nitrogens is 1. The van der Waals surface area contributed by atoms with Gasteiger partial charge in [0.25, 0.3) is 0 Å². The molecule has 14 heavy (non-hydrogen) atoms. The SMILES string of the molecule is CC(CO)COC(=O)c1cccnc1. The largest absolute Gasteiger partial charge is 0.462 e. The van der Waals surface area contributed by atoms with Crippen LogP contribution in [0.15, 0.2) is 24.5 Å². The minimum atomic E-state index is -0.404. The van der Waals surface area contributed by atoms with Crippen LogP contribution in [-0.4, -0.2) is 29.3 Å². The molecule has 0 saturated carbocycles. The number of carbonyl (C=O) groups is 1. The van der Waals surface area contributed by atoms with E-state index in [2.05, 4.69) is 4.98 Å². The van der Waals surface area contributed by atoms with E-state index in [0.29, 0.717) is 5.56 Å². The second-order valence-corrected chi connectivity index (χ2v) is 3.13. The number of hydrogen-bond donors (Lipinski definition) is 1. The van der Waals surface area contributed by atoms with Crippen molar-refractivity contribution in [3.63, 3.8) is 0 Å². The second kappa shape index (κ2) is 5.34. The predicted molar refractivity (Wildman–Crippen MR) is 50.8 cm³/mol. The summed E-state index contributed by atoms with van der Waals surface area (Å²) < 4.78 is 4.94. The Kier molecular flexibility index (Phi) is 4.07. The Morgan fingerprint density at radius 3 is 3.07 bits per heavy atom. The molecule has 1 heterocycles. The average molecular weight is 195 g/mol. The molecule has 0 bridgehead atoms. The summed E-state index contributed by atoms with van der Waals surface area (Å²) in [4.78, 5) is 15.1. The van der Waals surface area contributed by atoms with Crippen LogP contribution in [-0.2, 0) is 4.74 Å². The maximum Gasteiger partial charge on any atom is 0.339 e. The third-order valence-corrected chi connectivity index (χ3v) is 1.71. The molecule has 4 heteroatoms.